The zero-order valence-corrected chi connectivity index (χ0v) is 24.2. The van der Waals surface area contributed by atoms with Crippen LogP contribution in [0.2, 0.25) is 0 Å². The minimum absolute atomic E-state index is 0.0173. The second-order valence-corrected chi connectivity index (χ2v) is 15.0. The maximum absolute atomic E-state index is 14.4. The molecule has 202 valence electrons. The van der Waals surface area contributed by atoms with Crippen molar-refractivity contribution in [3.05, 3.63) is 23.3 Å². The largest absolute Gasteiger partial charge is 0.469 e. The number of ketones is 3. The second kappa shape index (κ2) is 7.54. The number of hydrogen-bond acceptors (Lipinski definition) is 5. The predicted octanol–water partition coefficient (Wildman–Crippen LogP) is 6.05. The first-order valence-electron chi connectivity index (χ1n) is 14.0. The molecule has 3 saturated carbocycles. The lowest BCUT2D eigenvalue weighted by Crippen LogP contribution is -2.67. The first-order chi connectivity index (χ1) is 16.9. The molecule has 3 fully saturated rings. The molecule has 0 heterocycles. The number of methoxy groups -OCH3 is 1. The van der Waals surface area contributed by atoms with Gasteiger partial charge in [-0.05, 0) is 73.0 Å². The van der Waals surface area contributed by atoms with E-state index in [0.29, 0.717) is 24.8 Å². The summed E-state index contributed by atoms with van der Waals surface area (Å²) in [5.41, 5.74) is -1.47. The molecule has 0 aromatic carbocycles. The van der Waals surface area contributed by atoms with Crippen LogP contribution in [0.5, 0.6) is 0 Å². The molecule has 5 heteroatoms. The highest BCUT2D eigenvalue weighted by molar-refractivity contribution is 6.06. The van der Waals surface area contributed by atoms with Crippen LogP contribution in [-0.2, 0) is 23.9 Å². The van der Waals surface area contributed by atoms with Crippen LogP contribution in [-0.4, -0.2) is 30.4 Å². The number of esters is 1. The van der Waals surface area contributed by atoms with E-state index in [2.05, 4.69) is 34.6 Å². The Balaban J connectivity index is 1.73. The van der Waals surface area contributed by atoms with Crippen molar-refractivity contribution in [2.45, 2.75) is 93.9 Å². The smallest absolute Gasteiger partial charge is 0.312 e. The third-order valence-corrected chi connectivity index (χ3v) is 12.2. The van der Waals surface area contributed by atoms with E-state index in [-0.39, 0.29) is 40.6 Å². The summed E-state index contributed by atoms with van der Waals surface area (Å²) in [5.74, 6) is -0.913. The van der Waals surface area contributed by atoms with E-state index in [1.165, 1.54) is 7.11 Å². The van der Waals surface area contributed by atoms with Gasteiger partial charge < -0.3 is 4.74 Å². The van der Waals surface area contributed by atoms with E-state index in [1.54, 1.807) is 0 Å². The average molecular weight is 509 g/mol. The van der Waals surface area contributed by atoms with Gasteiger partial charge in [-0.3, -0.25) is 19.2 Å². The number of ether oxygens (including phenoxy) is 1. The highest BCUT2D eigenvalue weighted by Gasteiger charge is 2.72. The molecule has 0 N–H and O–H groups in total. The number of hydrogen-bond donors (Lipinski definition) is 0. The summed E-state index contributed by atoms with van der Waals surface area (Å²) in [7, 11) is 1.46. The standard InChI is InChI=1S/C32H44O5/c1-18-15-29(6)22-14-20(33)23-19-16-27(2,3)10-12-32(19,26(36)37-9)13-11-30(23,7)31(22,8)17-21(34)24(29)28(4,5)25(18)35/h14-15,19,23-24H,10-13,16-17H2,1-9H3/t19-,23-,24-,29+,30+,31+,32-/m0/s1. The lowest BCUT2D eigenvalue weighted by molar-refractivity contribution is -0.191. The molecule has 0 spiro atoms. The van der Waals surface area contributed by atoms with Crippen LogP contribution in [0.25, 0.3) is 0 Å². The van der Waals surface area contributed by atoms with Gasteiger partial charge in [0.25, 0.3) is 0 Å². The van der Waals surface area contributed by atoms with Crippen molar-refractivity contribution in [1.82, 2.24) is 0 Å². The van der Waals surface area contributed by atoms with Crippen molar-refractivity contribution in [1.29, 1.82) is 0 Å². The second-order valence-electron chi connectivity index (χ2n) is 15.0. The molecule has 0 bridgehead atoms. The van der Waals surface area contributed by atoms with Crippen molar-refractivity contribution in [3.63, 3.8) is 0 Å². The van der Waals surface area contributed by atoms with Crippen molar-refractivity contribution < 1.29 is 23.9 Å². The Morgan fingerprint density at radius 1 is 0.946 bits per heavy atom. The fourth-order valence-corrected chi connectivity index (χ4v) is 10.3. The van der Waals surface area contributed by atoms with Gasteiger partial charge in [0.2, 0.25) is 0 Å². The molecule has 0 aromatic rings. The third kappa shape index (κ3) is 3.09. The van der Waals surface area contributed by atoms with E-state index < -0.39 is 33.0 Å². The minimum Gasteiger partial charge on any atom is -0.469 e. The van der Waals surface area contributed by atoms with Crippen LogP contribution in [0.15, 0.2) is 23.3 Å². The van der Waals surface area contributed by atoms with Gasteiger partial charge in [-0.25, -0.2) is 0 Å². The molecule has 5 aliphatic carbocycles. The fourth-order valence-electron chi connectivity index (χ4n) is 10.3. The number of fused-ring (bicyclic) bond motifs is 7. The number of rotatable bonds is 1. The molecule has 5 nitrogen and oxygen atoms in total. The van der Waals surface area contributed by atoms with E-state index in [4.69, 9.17) is 4.74 Å². The van der Waals surface area contributed by atoms with Crippen molar-refractivity contribution in [2.75, 3.05) is 7.11 Å². The molecule has 5 aliphatic rings. The quantitative estimate of drug-likeness (QED) is 0.403. The molecule has 7 atom stereocenters. The number of allylic oxidation sites excluding steroid dienone is 4. The molecule has 0 unspecified atom stereocenters. The van der Waals surface area contributed by atoms with Crippen molar-refractivity contribution in [3.8, 4) is 0 Å². The van der Waals surface area contributed by atoms with Gasteiger partial charge in [-0.1, -0.05) is 54.5 Å². The molecule has 0 radical (unpaired) electrons. The summed E-state index contributed by atoms with van der Waals surface area (Å²) < 4.78 is 5.39. The Bertz CT molecular complexity index is 1190. The molecule has 0 saturated heterocycles. The fraction of sp³-hybridized carbons (Fsp3) is 0.750. The van der Waals surface area contributed by atoms with Crippen LogP contribution in [0.4, 0.5) is 0 Å². The van der Waals surface area contributed by atoms with Crippen molar-refractivity contribution >= 4 is 23.3 Å². The number of Topliss-reactive ketones (excluding diaryl/α,β-unsaturated/α-hetero) is 2. The summed E-state index contributed by atoms with van der Waals surface area (Å²) >= 11 is 0. The summed E-state index contributed by atoms with van der Waals surface area (Å²) in [6, 6.07) is 0. The summed E-state index contributed by atoms with van der Waals surface area (Å²) in [4.78, 5) is 55.0. The summed E-state index contributed by atoms with van der Waals surface area (Å²) in [6.45, 7) is 16.6. The molecule has 0 amide bonds. The van der Waals surface area contributed by atoms with Gasteiger partial charge in [0, 0.05) is 34.5 Å². The van der Waals surface area contributed by atoms with E-state index in [1.807, 2.05) is 32.9 Å². The van der Waals surface area contributed by atoms with Gasteiger partial charge in [-0.2, -0.15) is 0 Å². The Morgan fingerprint density at radius 3 is 2.19 bits per heavy atom. The van der Waals surface area contributed by atoms with Gasteiger partial charge in [0.05, 0.1) is 12.5 Å². The van der Waals surface area contributed by atoms with Crippen molar-refractivity contribution in [2.24, 2.45) is 50.2 Å². The first kappa shape index (κ1) is 26.6. The summed E-state index contributed by atoms with van der Waals surface area (Å²) in [6.07, 6.45) is 7.98. The van der Waals surface area contributed by atoms with Gasteiger partial charge in [0.1, 0.15) is 5.78 Å². The molecular weight excluding hydrogens is 464 g/mol. The highest BCUT2D eigenvalue weighted by Crippen LogP contribution is 2.74. The van der Waals surface area contributed by atoms with E-state index in [0.717, 1.165) is 24.8 Å². The Morgan fingerprint density at radius 2 is 1.57 bits per heavy atom. The third-order valence-electron chi connectivity index (χ3n) is 12.2. The SMILES string of the molecule is COC(=O)[C@]12CCC(C)(C)C[C@H]1[C@H]1C(=O)C=C3[C@@]4(C)C=C(C)C(=O)C(C)(C)[C@@H]4C(=O)C[C@@]3(C)[C@]1(C)CC2. The van der Waals surface area contributed by atoms with Gasteiger partial charge in [-0.15, -0.1) is 0 Å². The number of carbonyl (C=O) groups is 4. The van der Waals surface area contributed by atoms with Gasteiger partial charge >= 0.3 is 5.97 Å². The topological polar surface area (TPSA) is 77.5 Å². The molecule has 0 aromatic heterocycles. The normalized spacial score (nSPS) is 46.0. The van der Waals surface area contributed by atoms with Crippen LogP contribution >= 0.6 is 0 Å². The Hall–Kier alpha value is -2.04. The maximum atomic E-state index is 14.4. The average Bonchev–Trinajstić information content (AvgIpc) is 2.78. The van der Waals surface area contributed by atoms with Crippen LogP contribution in [0.1, 0.15) is 93.9 Å². The molecule has 37 heavy (non-hydrogen) atoms. The highest BCUT2D eigenvalue weighted by atomic mass is 16.5. The lowest BCUT2D eigenvalue weighted by atomic mass is 9.34. The zero-order chi connectivity index (χ0) is 27.6. The number of carbonyl (C=O) groups excluding carboxylic acids is 4. The molecule has 5 rings (SSSR count). The van der Waals surface area contributed by atoms with Gasteiger partial charge in [0.15, 0.2) is 11.6 Å². The molecular formula is C32H44O5. The van der Waals surface area contributed by atoms with E-state index >= 15 is 0 Å². The van der Waals surface area contributed by atoms with Crippen LogP contribution in [0.3, 0.4) is 0 Å². The Labute approximate surface area is 221 Å². The van der Waals surface area contributed by atoms with E-state index in [9.17, 15) is 19.2 Å². The monoisotopic (exact) mass is 508 g/mol. The predicted molar refractivity (Wildman–Crippen MR) is 141 cm³/mol. The lowest BCUT2D eigenvalue weighted by Gasteiger charge is -2.68. The maximum Gasteiger partial charge on any atom is 0.312 e. The minimum atomic E-state index is -0.826. The summed E-state index contributed by atoms with van der Waals surface area (Å²) in [5, 5.41) is 0. The van der Waals surface area contributed by atoms with Crippen LogP contribution in [0, 0.1) is 50.2 Å². The van der Waals surface area contributed by atoms with Crippen LogP contribution < -0.4 is 0 Å². The Kier molecular flexibility index (Phi) is 5.41. The zero-order valence-electron chi connectivity index (χ0n) is 24.2. The molecule has 0 aliphatic heterocycles. The first-order valence-corrected chi connectivity index (χ1v) is 14.0.